The van der Waals surface area contributed by atoms with E-state index in [9.17, 15) is 4.79 Å². The second-order valence-corrected chi connectivity index (χ2v) is 7.66. The Bertz CT molecular complexity index is 768. The van der Waals surface area contributed by atoms with Gasteiger partial charge in [-0.3, -0.25) is 4.79 Å². The van der Waals surface area contributed by atoms with E-state index in [4.69, 9.17) is 4.74 Å². The number of rotatable bonds is 6. The normalized spacial score (nSPS) is 17.6. The highest BCUT2D eigenvalue weighted by Crippen LogP contribution is 2.39. The van der Waals surface area contributed by atoms with Crippen molar-refractivity contribution in [2.75, 3.05) is 26.1 Å². The van der Waals surface area contributed by atoms with Gasteiger partial charge in [-0.15, -0.1) is 0 Å². The van der Waals surface area contributed by atoms with Gasteiger partial charge in [0.05, 0.1) is 0 Å². The highest BCUT2D eigenvalue weighted by Gasteiger charge is 2.38. The van der Waals surface area contributed by atoms with E-state index in [1.807, 2.05) is 0 Å². The summed E-state index contributed by atoms with van der Waals surface area (Å²) in [6, 6.07) is 17.4. The monoisotopic (exact) mass is 352 g/mol. The number of carbonyl (C=O) groups is 1. The number of carbonyl (C=O) groups excluding carboxylic acids is 1. The van der Waals surface area contributed by atoms with Gasteiger partial charge >= 0.3 is 0 Å². The molecule has 1 N–H and O–H groups in total. The highest BCUT2D eigenvalue weighted by atomic mass is 16.5. The molecule has 1 aliphatic carbocycles. The minimum Gasteiger partial charge on any atom is -0.381 e. The largest absolute Gasteiger partial charge is 0.381 e. The Morgan fingerprint density at radius 2 is 1.88 bits per heavy atom. The summed E-state index contributed by atoms with van der Waals surface area (Å²) in [5.74, 6) is -0.0137. The van der Waals surface area contributed by atoms with Gasteiger partial charge in [0.1, 0.15) is 6.61 Å². The molecule has 2 aromatic rings. The third kappa shape index (κ3) is 3.75. The van der Waals surface area contributed by atoms with Crippen molar-refractivity contribution in [3.63, 3.8) is 0 Å². The molecule has 0 fully saturated rings. The van der Waals surface area contributed by atoms with Crippen LogP contribution in [0.5, 0.6) is 0 Å². The van der Waals surface area contributed by atoms with Crippen molar-refractivity contribution in [2.45, 2.75) is 38.3 Å². The molecule has 0 aliphatic heterocycles. The number of nitrogens with one attached hydrogen (secondary N) is 1. The first kappa shape index (κ1) is 18.5. The van der Waals surface area contributed by atoms with E-state index >= 15 is 0 Å². The van der Waals surface area contributed by atoms with Crippen LogP contribution < -0.4 is 5.32 Å². The van der Waals surface area contributed by atoms with Crippen molar-refractivity contribution in [3.8, 4) is 0 Å². The standard InChI is InChI=1S/C22H28N2O2/c1-22(2)19-8-6-5-7-17(19)13-20(22)23-18-11-9-16(10-12-18)14-24(3)21(25)15-26-4/h5-12,20,23H,13-15H2,1-4H3. The fourth-order valence-electron chi connectivity index (χ4n) is 3.72. The molecule has 1 atom stereocenters. The Balaban J connectivity index is 1.64. The minimum absolute atomic E-state index is 0.0137. The van der Waals surface area contributed by atoms with Crippen LogP contribution in [-0.2, 0) is 27.9 Å². The lowest BCUT2D eigenvalue weighted by molar-refractivity contribution is -0.134. The van der Waals surface area contributed by atoms with Crippen LogP contribution in [0.25, 0.3) is 0 Å². The molecule has 4 nitrogen and oxygen atoms in total. The average Bonchev–Trinajstić information content (AvgIpc) is 2.87. The SMILES string of the molecule is COCC(=O)N(C)Cc1ccc(NC2Cc3ccccc3C2(C)C)cc1. The topological polar surface area (TPSA) is 41.6 Å². The lowest BCUT2D eigenvalue weighted by Gasteiger charge is -2.30. The molecule has 0 heterocycles. The quantitative estimate of drug-likeness (QED) is 0.864. The second kappa shape index (κ2) is 7.50. The number of hydrogen-bond donors (Lipinski definition) is 1. The van der Waals surface area contributed by atoms with Gasteiger partial charge in [0.15, 0.2) is 0 Å². The van der Waals surface area contributed by atoms with Crippen LogP contribution in [0.4, 0.5) is 5.69 Å². The lowest BCUT2D eigenvalue weighted by atomic mass is 9.83. The number of hydrogen-bond acceptors (Lipinski definition) is 3. The molecular formula is C22H28N2O2. The molecule has 0 bridgehead atoms. The van der Waals surface area contributed by atoms with E-state index in [1.165, 1.54) is 18.2 Å². The van der Waals surface area contributed by atoms with Gasteiger partial charge in [-0.25, -0.2) is 0 Å². The summed E-state index contributed by atoms with van der Waals surface area (Å²) in [5, 5.41) is 3.70. The maximum absolute atomic E-state index is 11.8. The van der Waals surface area contributed by atoms with Gasteiger partial charge < -0.3 is 15.0 Å². The molecular weight excluding hydrogens is 324 g/mol. The molecule has 138 valence electrons. The van der Waals surface area contributed by atoms with Gasteiger partial charge in [0.25, 0.3) is 0 Å². The molecule has 0 radical (unpaired) electrons. The summed E-state index contributed by atoms with van der Waals surface area (Å²) < 4.78 is 4.90. The number of nitrogens with zero attached hydrogens (tertiary/aromatic N) is 1. The third-order valence-corrected chi connectivity index (χ3v) is 5.41. The Morgan fingerprint density at radius 1 is 1.19 bits per heavy atom. The molecule has 0 saturated heterocycles. The van der Waals surface area contributed by atoms with Crippen molar-refractivity contribution in [3.05, 3.63) is 65.2 Å². The predicted molar refractivity (Wildman–Crippen MR) is 105 cm³/mol. The van der Waals surface area contributed by atoms with Gasteiger partial charge in [-0.05, 0) is 35.2 Å². The zero-order valence-corrected chi connectivity index (χ0v) is 16.1. The van der Waals surface area contributed by atoms with E-state index in [0.29, 0.717) is 12.6 Å². The minimum atomic E-state index is -0.0137. The zero-order chi connectivity index (χ0) is 18.7. The smallest absolute Gasteiger partial charge is 0.248 e. The van der Waals surface area contributed by atoms with E-state index in [2.05, 4.69) is 67.7 Å². The number of likely N-dealkylation sites (N-methyl/N-ethyl adjacent to an activating group) is 1. The van der Waals surface area contributed by atoms with Crippen LogP contribution in [0.15, 0.2) is 48.5 Å². The third-order valence-electron chi connectivity index (χ3n) is 5.41. The van der Waals surface area contributed by atoms with Crippen molar-refractivity contribution in [1.29, 1.82) is 0 Å². The zero-order valence-electron chi connectivity index (χ0n) is 16.1. The number of benzene rings is 2. The van der Waals surface area contributed by atoms with Crippen LogP contribution in [0.2, 0.25) is 0 Å². The first-order valence-electron chi connectivity index (χ1n) is 9.08. The number of amides is 1. The van der Waals surface area contributed by atoms with Crippen molar-refractivity contribution in [2.24, 2.45) is 0 Å². The van der Waals surface area contributed by atoms with Crippen LogP contribution in [-0.4, -0.2) is 37.6 Å². The van der Waals surface area contributed by atoms with Gasteiger partial charge in [0.2, 0.25) is 5.91 Å². The molecule has 1 aliphatic rings. The number of anilines is 1. The molecule has 3 rings (SSSR count). The number of ether oxygens (including phenoxy) is 1. The molecule has 0 spiro atoms. The van der Waals surface area contributed by atoms with E-state index in [0.717, 1.165) is 17.7 Å². The summed E-state index contributed by atoms with van der Waals surface area (Å²) in [7, 11) is 3.33. The van der Waals surface area contributed by atoms with Gasteiger partial charge in [0, 0.05) is 37.8 Å². The van der Waals surface area contributed by atoms with Crippen molar-refractivity contribution in [1.82, 2.24) is 4.90 Å². The highest BCUT2D eigenvalue weighted by molar-refractivity contribution is 5.77. The maximum atomic E-state index is 11.8. The van der Waals surface area contributed by atoms with Crippen LogP contribution >= 0.6 is 0 Å². The van der Waals surface area contributed by atoms with Crippen LogP contribution in [0, 0.1) is 0 Å². The number of fused-ring (bicyclic) bond motifs is 1. The fourth-order valence-corrected chi connectivity index (χ4v) is 3.72. The molecule has 2 aromatic carbocycles. The van der Waals surface area contributed by atoms with Crippen molar-refractivity contribution >= 4 is 11.6 Å². The first-order valence-corrected chi connectivity index (χ1v) is 9.08. The van der Waals surface area contributed by atoms with Crippen LogP contribution in [0.3, 0.4) is 0 Å². The molecule has 0 aromatic heterocycles. The Labute approximate surface area is 156 Å². The Morgan fingerprint density at radius 3 is 2.54 bits per heavy atom. The van der Waals surface area contributed by atoms with Crippen molar-refractivity contribution < 1.29 is 9.53 Å². The first-order chi connectivity index (χ1) is 12.4. The Kier molecular flexibility index (Phi) is 5.33. The molecule has 0 saturated carbocycles. The van der Waals surface area contributed by atoms with Gasteiger partial charge in [-0.2, -0.15) is 0 Å². The predicted octanol–water partition coefficient (Wildman–Crippen LogP) is 3.61. The average molecular weight is 352 g/mol. The van der Waals surface area contributed by atoms with E-state index < -0.39 is 0 Å². The Hall–Kier alpha value is -2.33. The summed E-state index contributed by atoms with van der Waals surface area (Å²) in [6.45, 7) is 5.32. The summed E-state index contributed by atoms with van der Waals surface area (Å²) in [4.78, 5) is 13.5. The second-order valence-electron chi connectivity index (χ2n) is 7.66. The molecule has 1 unspecified atom stereocenters. The van der Waals surface area contributed by atoms with Crippen LogP contribution in [0.1, 0.15) is 30.5 Å². The summed E-state index contributed by atoms with van der Waals surface area (Å²) in [6.07, 6.45) is 1.04. The summed E-state index contributed by atoms with van der Waals surface area (Å²) in [5.41, 5.74) is 5.20. The summed E-state index contributed by atoms with van der Waals surface area (Å²) >= 11 is 0. The fraction of sp³-hybridized carbons (Fsp3) is 0.409. The molecule has 26 heavy (non-hydrogen) atoms. The number of methoxy groups -OCH3 is 1. The van der Waals surface area contributed by atoms with E-state index in [1.54, 1.807) is 11.9 Å². The maximum Gasteiger partial charge on any atom is 0.248 e. The molecule has 1 amide bonds. The van der Waals surface area contributed by atoms with Gasteiger partial charge in [-0.1, -0.05) is 50.2 Å². The molecule has 4 heteroatoms. The van der Waals surface area contributed by atoms with E-state index in [-0.39, 0.29) is 17.9 Å². The lowest BCUT2D eigenvalue weighted by Crippen LogP contribution is -2.36.